The molecule has 0 saturated carbocycles. The molecule has 1 fully saturated rings. The number of carbonyl (C=O) groups is 1. The van der Waals surface area contributed by atoms with Crippen LogP contribution < -0.4 is 9.64 Å². The SMILES string of the molecule is C#Cc1ccc(C(=O)N2CCN(c3ccc(-c4cc(OCC)cn5ncc(C#N)c45)cn3)CC2)o1. The van der Waals surface area contributed by atoms with E-state index in [9.17, 15) is 10.1 Å². The monoisotopic (exact) mass is 466 g/mol. The molecule has 4 aromatic heterocycles. The van der Waals surface area contributed by atoms with Gasteiger partial charge in [-0.3, -0.25) is 4.79 Å². The fraction of sp³-hybridized carbons (Fsp3) is 0.231. The molecule has 1 aliphatic heterocycles. The zero-order valence-corrected chi connectivity index (χ0v) is 19.1. The summed E-state index contributed by atoms with van der Waals surface area (Å²) >= 11 is 0. The number of rotatable bonds is 5. The average molecular weight is 467 g/mol. The Kier molecular flexibility index (Phi) is 5.82. The number of nitrogens with zero attached hydrogens (tertiary/aromatic N) is 6. The van der Waals surface area contributed by atoms with Crippen LogP contribution in [-0.4, -0.2) is 58.2 Å². The summed E-state index contributed by atoms with van der Waals surface area (Å²) in [6.45, 7) is 4.83. The van der Waals surface area contributed by atoms with E-state index in [-0.39, 0.29) is 11.7 Å². The molecule has 0 aromatic carbocycles. The summed E-state index contributed by atoms with van der Waals surface area (Å²) in [4.78, 5) is 21.2. The number of aromatic nitrogens is 3. The fourth-order valence-corrected chi connectivity index (χ4v) is 4.20. The van der Waals surface area contributed by atoms with Crippen LogP contribution >= 0.6 is 0 Å². The quantitative estimate of drug-likeness (QED) is 0.417. The molecular weight excluding hydrogens is 444 g/mol. The number of anilines is 1. The number of terminal acetylenes is 1. The van der Waals surface area contributed by atoms with E-state index >= 15 is 0 Å². The number of pyridine rings is 2. The van der Waals surface area contributed by atoms with E-state index in [1.165, 1.54) is 0 Å². The predicted molar refractivity (Wildman–Crippen MR) is 129 cm³/mol. The van der Waals surface area contributed by atoms with E-state index in [1.54, 1.807) is 40.1 Å². The minimum atomic E-state index is -0.165. The highest BCUT2D eigenvalue weighted by Gasteiger charge is 2.25. The molecule has 0 spiro atoms. The zero-order valence-electron chi connectivity index (χ0n) is 19.1. The third-order valence-electron chi connectivity index (χ3n) is 5.93. The first-order valence-electron chi connectivity index (χ1n) is 11.2. The number of ether oxygens (including phenoxy) is 1. The Hall–Kier alpha value is -4.76. The van der Waals surface area contributed by atoms with E-state index in [0.29, 0.717) is 55.4 Å². The van der Waals surface area contributed by atoms with E-state index in [2.05, 4.69) is 27.0 Å². The number of fused-ring (bicyclic) bond motifs is 1. The number of amides is 1. The van der Waals surface area contributed by atoms with Gasteiger partial charge in [-0.2, -0.15) is 10.4 Å². The number of nitriles is 1. The van der Waals surface area contributed by atoms with Gasteiger partial charge >= 0.3 is 0 Å². The van der Waals surface area contributed by atoms with Gasteiger partial charge in [0.1, 0.15) is 17.6 Å². The maximum absolute atomic E-state index is 12.7. The van der Waals surface area contributed by atoms with Crippen LogP contribution in [0, 0.1) is 23.7 Å². The molecule has 35 heavy (non-hydrogen) atoms. The van der Waals surface area contributed by atoms with Gasteiger partial charge < -0.3 is 19.0 Å². The highest BCUT2D eigenvalue weighted by Crippen LogP contribution is 2.31. The Bertz CT molecular complexity index is 1460. The van der Waals surface area contributed by atoms with E-state index < -0.39 is 0 Å². The van der Waals surface area contributed by atoms with Gasteiger partial charge in [0.15, 0.2) is 11.5 Å². The van der Waals surface area contributed by atoms with Crippen molar-refractivity contribution in [3.8, 4) is 35.3 Å². The third kappa shape index (κ3) is 4.16. The molecule has 5 rings (SSSR count). The molecule has 9 heteroatoms. The van der Waals surface area contributed by atoms with Crippen molar-refractivity contribution in [1.82, 2.24) is 19.5 Å². The van der Waals surface area contributed by atoms with Crippen LogP contribution in [0.3, 0.4) is 0 Å². The summed E-state index contributed by atoms with van der Waals surface area (Å²) < 4.78 is 12.7. The van der Waals surface area contributed by atoms with Gasteiger partial charge in [-0.15, -0.1) is 6.42 Å². The lowest BCUT2D eigenvalue weighted by Crippen LogP contribution is -2.49. The topological polar surface area (TPSA) is 99.9 Å². The molecule has 0 aliphatic carbocycles. The molecule has 0 bridgehead atoms. The summed E-state index contributed by atoms with van der Waals surface area (Å²) in [5, 5.41) is 13.8. The fourth-order valence-electron chi connectivity index (χ4n) is 4.20. The van der Waals surface area contributed by atoms with Crippen molar-refractivity contribution in [2.24, 2.45) is 0 Å². The molecule has 9 nitrogen and oxygen atoms in total. The molecule has 5 heterocycles. The van der Waals surface area contributed by atoms with Crippen LogP contribution in [0.2, 0.25) is 0 Å². The van der Waals surface area contributed by atoms with Crippen LogP contribution in [0.5, 0.6) is 5.75 Å². The molecule has 0 N–H and O–H groups in total. The van der Waals surface area contributed by atoms with Crippen molar-refractivity contribution in [3.05, 3.63) is 66.0 Å². The van der Waals surface area contributed by atoms with Gasteiger partial charge in [-0.1, -0.05) is 0 Å². The van der Waals surface area contributed by atoms with Crippen LogP contribution in [0.4, 0.5) is 5.82 Å². The second kappa shape index (κ2) is 9.24. The molecule has 0 radical (unpaired) electrons. The van der Waals surface area contributed by atoms with Crippen molar-refractivity contribution >= 4 is 17.2 Å². The maximum atomic E-state index is 12.7. The van der Waals surface area contributed by atoms with Gasteiger partial charge in [0.2, 0.25) is 0 Å². The van der Waals surface area contributed by atoms with Crippen molar-refractivity contribution in [2.45, 2.75) is 6.92 Å². The summed E-state index contributed by atoms with van der Waals surface area (Å²) in [5.41, 5.74) is 2.87. The number of carbonyl (C=O) groups excluding carboxylic acids is 1. The minimum Gasteiger partial charge on any atom is -0.492 e. The molecule has 0 atom stereocenters. The van der Waals surface area contributed by atoms with Crippen molar-refractivity contribution in [1.29, 1.82) is 5.26 Å². The van der Waals surface area contributed by atoms with Crippen molar-refractivity contribution in [2.75, 3.05) is 37.7 Å². The highest BCUT2D eigenvalue weighted by molar-refractivity contribution is 5.92. The van der Waals surface area contributed by atoms with Gasteiger partial charge in [0.25, 0.3) is 5.91 Å². The summed E-state index contributed by atoms with van der Waals surface area (Å²) in [5.74, 6) is 4.31. The number of furan rings is 1. The smallest absolute Gasteiger partial charge is 0.289 e. The van der Waals surface area contributed by atoms with E-state index in [4.69, 9.17) is 15.6 Å². The number of piperazine rings is 1. The molecule has 1 saturated heterocycles. The Balaban J connectivity index is 1.33. The molecular formula is C26H22N6O3. The summed E-state index contributed by atoms with van der Waals surface area (Å²) in [7, 11) is 0. The maximum Gasteiger partial charge on any atom is 0.289 e. The van der Waals surface area contributed by atoms with E-state index in [0.717, 1.165) is 16.9 Å². The lowest BCUT2D eigenvalue weighted by atomic mass is 10.1. The molecule has 1 amide bonds. The molecule has 4 aromatic rings. The molecule has 0 unspecified atom stereocenters. The van der Waals surface area contributed by atoms with E-state index in [1.807, 2.05) is 25.1 Å². The van der Waals surface area contributed by atoms with Gasteiger partial charge in [-0.25, -0.2) is 9.50 Å². The predicted octanol–water partition coefficient (Wildman–Crippen LogP) is 3.20. The Labute approximate surface area is 202 Å². The van der Waals surface area contributed by atoms with Gasteiger partial charge in [0.05, 0.1) is 30.1 Å². The van der Waals surface area contributed by atoms with Gasteiger partial charge in [-0.05, 0) is 43.2 Å². The Morgan fingerprint density at radius 1 is 1.20 bits per heavy atom. The molecule has 174 valence electrons. The number of hydrogen-bond acceptors (Lipinski definition) is 7. The Morgan fingerprint density at radius 3 is 2.69 bits per heavy atom. The first-order chi connectivity index (χ1) is 17.1. The van der Waals surface area contributed by atoms with Crippen molar-refractivity contribution in [3.63, 3.8) is 0 Å². The van der Waals surface area contributed by atoms with Crippen LogP contribution in [0.1, 0.15) is 28.8 Å². The first kappa shape index (κ1) is 22.1. The van der Waals surface area contributed by atoms with Crippen LogP contribution in [0.15, 0.2) is 53.3 Å². The molecule has 1 aliphatic rings. The second-order valence-corrected chi connectivity index (χ2v) is 7.98. The number of hydrogen-bond donors (Lipinski definition) is 0. The van der Waals surface area contributed by atoms with Crippen LogP contribution in [-0.2, 0) is 0 Å². The lowest BCUT2D eigenvalue weighted by molar-refractivity contribution is 0.0714. The summed E-state index contributed by atoms with van der Waals surface area (Å²) in [6, 6.07) is 11.3. The van der Waals surface area contributed by atoms with Crippen LogP contribution in [0.25, 0.3) is 16.6 Å². The van der Waals surface area contributed by atoms with Gasteiger partial charge in [0, 0.05) is 43.5 Å². The lowest BCUT2D eigenvalue weighted by Gasteiger charge is -2.35. The standard InChI is InChI=1S/C26H22N6O3/c1-3-20-6-7-23(35-20)26(33)31-11-9-30(10-12-31)24-8-5-18(15-28-24)22-13-21(34-4-2)17-32-25(22)19(14-27)16-29-32/h1,5-8,13,15-17H,4,9-12H2,2H3. The summed E-state index contributed by atoms with van der Waals surface area (Å²) in [6.07, 6.45) is 10.4. The Morgan fingerprint density at radius 2 is 2.03 bits per heavy atom. The minimum absolute atomic E-state index is 0.165. The van der Waals surface area contributed by atoms with Crippen molar-refractivity contribution < 1.29 is 13.9 Å². The third-order valence-corrected chi connectivity index (χ3v) is 5.93. The zero-order chi connectivity index (χ0) is 24.4. The largest absolute Gasteiger partial charge is 0.492 e. The highest BCUT2D eigenvalue weighted by atomic mass is 16.5. The average Bonchev–Trinajstić information content (AvgIpc) is 3.55. The first-order valence-corrected chi connectivity index (χ1v) is 11.2. The second-order valence-electron chi connectivity index (χ2n) is 7.98. The normalized spacial score (nSPS) is 13.5.